The summed E-state index contributed by atoms with van der Waals surface area (Å²) in [4.78, 5) is 11.5. The molecule has 3 nitrogen and oxygen atoms in total. The number of carboxylic acids is 1. The molecule has 0 radical (unpaired) electrons. The van der Waals surface area contributed by atoms with Gasteiger partial charge in [0, 0.05) is 5.02 Å². The van der Waals surface area contributed by atoms with Crippen molar-refractivity contribution in [1.29, 1.82) is 0 Å². The lowest BCUT2D eigenvalue weighted by atomic mass is 9.73. The molecule has 18 heavy (non-hydrogen) atoms. The topological polar surface area (TPSA) is 63.3 Å². The lowest BCUT2D eigenvalue weighted by Gasteiger charge is -2.31. The number of carbonyl (C=O) groups is 1. The third-order valence-electron chi connectivity index (χ3n) is 3.38. The highest BCUT2D eigenvalue weighted by atomic mass is 35.5. The van der Waals surface area contributed by atoms with Crippen LogP contribution in [0.15, 0.2) is 12.1 Å². The largest absolute Gasteiger partial charge is 0.481 e. The van der Waals surface area contributed by atoms with Crippen LogP contribution < -0.4 is 5.73 Å². The van der Waals surface area contributed by atoms with E-state index in [1.807, 2.05) is 20.8 Å². The first-order valence-corrected chi connectivity index (χ1v) is 6.43. The highest BCUT2D eigenvalue weighted by molar-refractivity contribution is 6.36. The van der Waals surface area contributed by atoms with Crippen molar-refractivity contribution in [2.24, 2.45) is 5.41 Å². The van der Waals surface area contributed by atoms with Crippen molar-refractivity contribution in [3.05, 3.63) is 27.7 Å². The van der Waals surface area contributed by atoms with Crippen molar-refractivity contribution in [2.75, 3.05) is 5.73 Å². The molecule has 0 saturated carbocycles. The Hall–Kier alpha value is -0.930. The van der Waals surface area contributed by atoms with Crippen LogP contribution in [0.25, 0.3) is 0 Å². The second kappa shape index (κ2) is 5.37. The van der Waals surface area contributed by atoms with E-state index in [4.69, 9.17) is 28.9 Å². The maximum Gasteiger partial charge on any atom is 0.311 e. The molecular weight excluding hydrogens is 273 g/mol. The van der Waals surface area contributed by atoms with E-state index in [-0.39, 0.29) is 10.7 Å². The van der Waals surface area contributed by atoms with Gasteiger partial charge in [0.05, 0.1) is 16.6 Å². The molecule has 0 saturated heterocycles. The molecule has 1 atom stereocenters. The number of rotatable bonds is 4. The number of nitrogens with two attached hydrogens (primary N) is 1. The maximum atomic E-state index is 11.5. The Kier molecular flexibility index (Phi) is 4.51. The molecular formula is C13H17Cl2NO2. The Morgan fingerprint density at radius 3 is 2.44 bits per heavy atom. The Balaban J connectivity index is 3.45. The molecule has 0 aliphatic heterocycles. The molecule has 0 aliphatic carbocycles. The van der Waals surface area contributed by atoms with Crippen LogP contribution in [-0.2, 0) is 4.79 Å². The van der Waals surface area contributed by atoms with Crippen LogP contribution in [0.5, 0.6) is 0 Å². The number of carboxylic acid groups (broad SMARTS) is 1. The van der Waals surface area contributed by atoms with Crippen molar-refractivity contribution >= 4 is 34.9 Å². The van der Waals surface area contributed by atoms with Gasteiger partial charge in [0.15, 0.2) is 0 Å². The molecule has 1 aromatic carbocycles. The first kappa shape index (κ1) is 15.1. The van der Waals surface area contributed by atoms with Gasteiger partial charge in [0.1, 0.15) is 0 Å². The fourth-order valence-corrected chi connectivity index (χ4v) is 2.45. The number of nitrogen functional groups attached to an aromatic ring is 1. The van der Waals surface area contributed by atoms with Crippen LogP contribution in [0.1, 0.15) is 38.7 Å². The van der Waals surface area contributed by atoms with E-state index in [1.54, 1.807) is 6.07 Å². The third-order valence-corrected chi connectivity index (χ3v) is 3.91. The van der Waals surface area contributed by atoms with Gasteiger partial charge in [0.25, 0.3) is 0 Å². The minimum absolute atomic E-state index is 0.287. The second-order valence-electron chi connectivity index (χ2n) is 5.00. The number of anilines is 1. The molecule has 5 heteroatoms. The summed E-state index contributed by atoms with van der Waals surface area (Å²) < 4.78 is 0. The van der Waals surface area contributed by atoms with Crippen LogP contribution in [0.3, 0.4) is 0 Å². The van der Waals surface area contributed by atoms with Gasteiger partial charge in [0.2, 0.25) is 0 Å². The monoisotopic (exact) mass is 289 g/mol. The maximum absolute atomic E-state index is 11.5. The van der Waals surface area contributed by atoms with Crippen molar-refractivity contribution in [3.63, 3.8) is 0 Å². The highest BCUT2D eigenvalue weighted by Gasteiger charge is 2.37. The Bertz CT molecular complexity index is 472. The number of hydrogen-bond acceptors (Lipinski definition) is 2. The molecule has 1 unspecified atom stereocenters. The smallest absolute Gasteiger partial charge is 0.311 e. The molecule has 0 spiro atoms. The van der Waals surface area contributed by atoms with Crippen LogP contribution in [0.4, 0.5) is 5.69 Å². The molecule has 3 N–H and O–H groups in total. The molecule has 0 aromatic heterocycles. The molecule has 1 aromatic rings. The summed E-state index contributed by atoms with van der Waals surface area (Å²) in [5.41, 5.74) is 6.22. The van der Waals surface area contributed by atoms with Gasteiger partial charge in [-0.3, -0.25) is 4.79 Å². The van der Waals surface area contributed by atoms with Gasteiger partial charge in [-0.05, 0) is 29.5 Å². The quantitative estimate of drug-likeness (QED) is 0.818. The molecule has 1 rings (SSSR count). The number of aliphatic carboxylic acids is 1. The van der Waals surface area contributed by atoms with Gasteiger partial charge < -0.3 is 10.8 Å². The SMILES string of the molecule is CCC(C)(C)C(C(=O)O)c1cc(Cl)cc(Cl)c1N. The third kappa shape index (κ3) is 2.90. The zero-order chi connectivity index (χ0) is 14.1. The van der Waals surface area contributed by atoms with Gasteiger partial charge in [-0.25, -0.2) is 0 Å². The van der Waals surface area contributed by atoms with E-state index in [9.17, 15) is 9.90 Å². The van der Waals surface area contributed by atoms with Crippen LogP contribution in [-0.4, -0.2) is 11.1 Å². The van der Waals surface area contributed by atoms with Crippen LogP contribution in [0, 0.1) is 5.41 Å². The Morgan fingerprint density at radius 2 is 2.00 bits per heavy atom. The second-order valence-corrected chi connectivity index (χ2v) is 5.85. The van der Waals surface area contributed by atoms with Gasteiger partial charge in [-0.2, -0.15) is 0 Å². The molecule has 0 fully saturated rings. The van der Waals surface area contributed by atoms with Gasteiger partial charge >= 0.3 is 5.97 Å². The van der Waals surface area contributed by atoms with Crippen LogP contribution >= 0.6 is 23.2 Å². The van der Waals surface area contributed by atoms with Gasteiger partial charge in [-0.15, -0.1) is 0 Å². The summed E-state index contributed by atoms with van der Waals surface area (Å²) in [5, 5.41) is 10.1. The minimum Gasteiger partial charge on any atom is -0.481 e. The predicted molar refractivity (Wildman–Crippen MR) is 75.3 cm³/mol. The number of hydrogen-bond donors (Lipinski definition) is 2. The normalized spacial score (nSPS) is 13.4. The van der Waals surface area contributed by atoms with E-state index in [0.717, 1.165) is 0 Å². The average molecular weight is 290 g/mol. The van der Waals surface area contributed by atoms with Crippen molar-refractivity contribution in [3.8, 4) is 0 Å². The molecule has 0 amide bonds. The molecule has 100 valence electrons. The number of benzene rings is 1. The van der Waals surface area contributed by atoms with E-state index in [1.165, 1.54) is 6.07 Å². The zero-order valence-electron chi connectivity index (χ0n) is 10.6. The predicted octanol–water partition coefficient (Wildman–Crippen LogP) is 4.18. The molecule has 0 aliphatic rings. The van der Waals surface area contributed by atoms with E-state index < -0.39 is 17.3 Å². The Labute approximate surface area is 117 Å². The summed E-state index contributed by atoms with van der Waals surface area (Å²) in [6.45, 7) is 5.72. The lowest BCUT2D eigenvalue weighted by Crippen LogP contribution is -2.29. The summed E-state index contributed by atoms with van der Waals surface area (Å²) in [6, 6.07) is 3.10. The fourth-order valence-electron chi connectivity index (χ4n) is 1.94. The van der Waals surface area contributed by atoms with Crippen molar-refractivity contribution < 1.29 is 9.90 Å². The van der Waals surface area contributed by atoms with Crippen molar-refractivity contribution in [2.45, 2.75) is 33.1 Å². The first-order valence-electron chi connectivity index (χ1n) is 5.68. The number of halogens is 2. The van der Waals surface area contributed by atoms with Crippen molar-refractivity contribution in [1.82, 2.24) is 0 Å². The summed E-state index contributed by atoms with van der Waals surface area (Å²) in [7, 11) is 0. The summed E-state index contributed by atoms with van der Waals surface area (Å²) >= 11 is 11.9. The van der Waals surface area contributed by atoms with E-state index in [0.29, 0.717) is 17.0 Å². The highest BCUT2D eigenvalue weighted by Crippen LogP contribution is 2.43. The van der Waals surface area contributed by atoms with Crippen LogP contribution in [0.2, 0.25) is 10.0 Å². The average Bonchev–Trinajstić information content (AvgIpc) is 2.24. The van der Waals surface area contributed by atoms with E-state index in [2.05, 4.69) is 0 Å². The molecule has 0 bridgehead atoms. The Morgan fingerprint density at radius 1 is 1.44 bits per heavy atom. The minimum atomic E-state index is -0.924. The first-order chi connectivity index (χ1) is 8.20. The van der Waals surface area contributed by atoms with E-state index >= 15 is 0 Å². The van der Waals surface area contributed by atoms with Gasteiger partial charge in [-0.1, -0.05) is 44.0 Å². The lowest BCUT2D eigenvalue weighted by molar-refractivity contribution is -0.141. The zero-order valence-corrected chi connectivity index (χ0v) is 12.1. The fraction of sp³-hybridized carbons (Fsp3) is 0.462. The summed E-state index contributed by atoms with van der Waals surface area (Å²) in [5.74, 6) is -1.66. The standard InChI is InChI=1S/C13H17Cl2NO2/c1-4-13(2,3)10(12(17)18)8-5-7(14)6-9(15)11(8)16/h5-6,10H,4,16H2,1-3H3,(H,17,18). The molecule has 0 heterocycles. The summed E-state index contributed by atoms with van der Waals surface area (Å²) in [6.07, 6.45) is 0.702.